The number of fused-ring (bicyclic) bond motifs is 1. The van der Waals surface area contributed by atoms with Gasteiger partial charge in [-0.15, -0.1) is 0 Å². The average molecular weight is 308 g/mol. The van der Waals surface area contributed by atoms with Gasteiger partial charge in [-0.05, 0) is 29.8 Å². The number of benzene rings is 2. The Hall–Kier alpha value is -2.27. The van der Waals surface area contributed by atoms with Crippen molar-refractivity contribution in [1.29, 1.82) is 0 Å². The van der Waals surface area contributed by atoms with Crippen LogP contribution in [0.25, 0.3) is 11.1 Å². The van der Waals surface area contributed by atoms with Crippen molar-refractivity contribution in [3.8, 4) is 5.75 Å². The zero-order valence-corrected chi connectivity index (χ0v) is 11.9. The van der Waals surface area contributed by atoms with Gasteiger partial charge in [-0.2, -0.15) is 0 Å². The van der Waals surface area contributed by atoms with Gasteiger partial charge in [0.15, 0.2) is 17.1 Å². The van der Waals surface area contributed by atoms with E-state index in [0.717, 1.165) is 0 Å². The maximum atomic E-state index is 13.7. The fourth-order valence-corrected chi connectivity index (χ4v) is 2.34. The zero-order valence-electron chi connectivity index (χ0n) is 11.1. The van der Waals surface area contributed by atoms with E-state index in [1.165, 1.54) is 23.8 Å². The molecule has 21 heavy (non-hydrogen) atoms. The van der Waals surface area contributed by atoms with Crippen LogP contribution in [-0.2, 0) is 6.54 Å². The average Bonchev–Trinajstić information content (AvgIpc) is 2.74. The number of rotatable bonds is 3. The van der Waals surface area contributed by atoms with E-state index in [2.05, 4.69) is 0 Å². The molecule has 0 saturated carbocycles. The van der Waals surface area contributed by atoms with Crippen molar-refractivity contribution >= 4 is 22.7 Å². The van der Waals surface area contributed by atoms with Gasteiger partial charge in [-0.1, -0.05) is 17.7 Å². The van der Waals surface area contributed by atoms with E-state index in [9.17, 15) is 9.18 Å². The molecule has 0 unspecified atom stereocenters. The monoisotopic (exact) mass is 307 g/mol. The lowest BCUT2D eigenvalue weighted by Crippen LogP contribution is -2.14. The smallest absolute Gasteiger partial charge is 0.420 e. The Morgan fingerprint density at radius 3 is 2.81 bits per heavy atom. The molecule has 2 aromatic carbocycles. The minimum Gasteiger partial charge on any atom is -0.494 e. The highest BCUT2D eigenvalue weighted by molar-refractivity contribution is 6.31. The van der Waals surface area contributed by atoms with E-state index < -0.39 is 11.6 Å². The summed E-state index contributed by atoms with van der Waals surface area (Å²) < 4.78 is 25.1. The first-order chi connectivity index (χ1) is 10.1. The highest BCUT2D eigenvalue weighted by Crippen LogP contribution is 2.21. The Balaban J connectivity index is 2.04. The first-order valence-corrected chi connectivity index (χ1v) is 6.57. The Bertz CT molecular complexity index is 869. The summed E-state index contributed by atoms with van der Waals surface area (Å²) in [5.41, 5.74) is 1.65. The molecule has 0 aliphatic carbocycles. The minimum absolute atomic E-state index is 0.162. The molecule has 0 bridgehead atoms. The molecule has 3 aromatic rings. The lowest BCUT2D eigenvalue weighted by atomic mass is 10.2. The van der Waals surface area contributed by atoms with E-state index in [0.29, 0.717) is 21.7 Å². The van der Waals surface area contributed by atoms with Gasteiger partial charge in [0.05, 0.1) is 19.2 Å². The van der Waals surface area contributed by atoms with Crippen LogP contribution < -0.4 is 10.5 Å². The number of nitrogens with zero attached hydrogens (tertiary/aromatic N) is 1. The predicted octanol–water partition coefficient (Wildman–Crippen LogP) is 3.44. The summed E-state index contributed by atoms with van der Waals surface area (Å²) in [6.07, 6.45) is 0. The first-order valence-electron chi connectivity index (χ1n) is 6.20. The first kappa shape index (κ1) is 13.7. The molecular formula is C15H11ClFNO3. The van der Waals surface area contributed by atoms with E-state index in [1.807, 2.05) is 0 Å². The molecule has 1 heterocycles. The summed E-state index contributed by atoms with van der Waals surface area (Å²) in [7, 11) is 1.40. The van der Waals surface area contributed by atoms with Crippen LogP contribution in [0, 0.1) is 5.82 Å². The molecule has 0 aliphatic heterocycles. The molecular weight excluding hydrogens is 297 g/mol. The number of halogens is 2. The third-order valence-electron chi connectivity index (χ3n) is 3.19. The second-order valence-electron chi connectivity index (χ2n) is 4.54. The molecule has 0 fully saturated rings. The van der Waals surface area contributed by atoms with Crippen molar-refractivity contribution in [2.75, 3.05) is 7.11 Å². The van der Waals surface area contributed by atoms with Crippen molar-refractivity contribution in [2.24, 2.45) is 0 Å². The van der Waals surface area contributed by atoms with Gasteiger partial charge in [0, 0.05) is 11.1 Å². The number of methoxy groups -OCH3 is 1. The minimum atomic E-state index is -0.511. The summed E-state index contributed by atoms with van der Waals surface area (Å²) in [5, 5.41) is 0.485. The number of oxazole rings is 1. The van der Waals surface area contributed by atoms with Gasteiger partial charge in [-0.3, -0.25) is 4.57 Å². The van der Waals surface area contributed by atoms with Crippen molar-refractivity contribution in [3.05, 3.63) is 63.4 Å². The molecule has 1 aromatic heterocycles. The van der Waals surface area contributed by atoms with Gasteiger partial charge in [0.25, 0.3) is 0 Å². The molecule has 6 heteroatoms. The number of ether oxygens (including phenoxy) is 1. The molecule has 0 spiro atoms. The molecule has 3 rings (SSSR count). The maximum absolute atomic E-state index is 13.7. The second-order valence-corrected chi connectivity index (χ2v) is 4.97. The topological polar surface area (TPSA) is 44.4 Å². The van der Waals surface area contributed by atoms with Crippen LogP contribution in [-0.4, -0.2) is 11.7 Å². The van der Waals surface area contributed by atoms with Gasteiger partial charge in [0.1, 0.15) is 0 Å². The molecule has 0 N–H and O–H groups in total. The Morgan fingerprint density at radius 1 is 1.29 bits per heavy atom. The van der Waals surface area contributed by atoms with Crippen molar-refractivity contribution in [3.63, 3.8) is 0 Å². The number of hydrogen-bond acceptors (Lipinski definition) is 3. The van der Waals surface area contributed by atoms with Crippen molar-refractivity contribution in [1.82, 2.24) is 4.57 Å². The van der Waals surface area contributed by atoms with Crippen LogP contribution in [0.4, 0.5) is 4.39 Å². The third-order valence-corrected chi connectivity index (χ3v) is 3.42. The number of hydrogen-bond donors (Lipinski definition) is 0. The van der Waals surface area contributed by atoms with Gasteiger partial charge in [-0.25, -0.2) is 9.18 Å². The SMILES string of the molecule is COc1ccc(Cn2c(=O)oc3cc(Cl)ccc32)cc1F. The second kappa shape index (κ2) is 5.26. The van der Waals surface area contributed by atoms with Gasteiger partial charge >= 0.3 is 5.76 Å². The molecule has 4 nitrogen and oxygen atoms in total. The van der Waals surface area contributed by atoms with Crippen molar-refractivity contribution in [2.45, 2.75) is 6.54 Å². The molecule has 0 amide bonds. The van der Waals surface area contributed by atoms with E-state index >= 15 is 0 Å². The summed E-state index contributed by atoms with van der Waals surface area (Å²) in [4.78, 5) is 11.9. The summed E-state index contributed by atoms with van der Waals surface area (Å²) in [6, 6.07) is 9.49. The van der Waals surface area contributed by atoms with Crippen molar-refractivity contribution < 1.29 is 13.5 Å². The molecule has 0 radical (unpaired) electrons. The van der Waals surface area contributed by atoms with Crippen LogP contribution in [0.1, 0.15) is 5.56 Å². The Morgan fingerprint density at radius 2 is 2.10 bits per heavy atom. The quantitative estimate of drug-likeness (QED) is 0.744. The highest BCUT2D eigenvalue weighted by Gasteiger charge is 2.11. The molecule has 108 valence electrons. The van der Waals surface area contributed by atoms with Crippen LogP contribution in [0.5, 0.6) is 5.75 Å². The summed E-state index contributed by atoms with van der Waals surface area (Å²) in [5.74, 6) is -0.822. The highest BCUT2D eigenvalue weighted by atomic mass is 35.5. The summed E-state index contributed by atoms with van der Waals surface area (Å²) >= 11 is 5.86. The Labute approximate surface area is 124 Å². The largest absolute Gasteiger partial charge is 0.494 e. The Kier molecular flexibility index (Phi) is 3.43. The predicted molar refractivity (Wildman–Crippen MR) is 77.5 cm³/mol. The fourth-order valence-electron chi connectivity index (χ4n) is 2.18. The number of aromatic nitrogens is 1. The van der Waals surface area contributed by atoms with Crippen LogP contribution in [0.3, 0.4) is 0 Å². The van der Waals surface area contributed by atoms with Gasteiger partial charge < -0.3 is 9.15 Å². The van der Waals surface area contributed by atoms with Crippen LogP contribution in [0.15, 0.2) is 45.6 Å². The van der Waals surface area contributed by atoms with E-state index in [4.69, 9.17) is 20.8 Å². The molecule has 0 saturated heterocycles. The maximum Gasteiger partial charge on any atom is 0.420 e. The summed E-state index contributed by atoms with van der Waals surface area (Å²) in [6.45, 7) is 0.203. The normalized spacial score (nSPS) is 11.0. The van der Waals surface area contributed by atoms with E-state index in [1.54, 1.807) is 24.3 Å². The van der Waals surface area contributed by atoms with Gasteiger partial charge in [0.2, 0.25) is 0 Å². The fraction of sp³-hybridized carbons (Fsp3) is 0.133. The lowest BCUT2D eigenvalue weighted by molar-refractivity contribution is 0.386. The van der Waals surface area contributed by atoms with E-state index in [-0.39, 0.29) is 12.3 Å². The molecule has 0 atom stereocenters. The standard InChI is InChI=1S/C15H11ClFNO3/c1-20-13-5-2-9(6-11(13)17)8-18-12-4-3-10(16)7-14(12)21-15(18)19/h2-7H,8H2,1H3. The zero-order chi connectivity index (χ0) is 15.0. The third kappa shape index (κ3) is 2.52. The lowest BCUT2D eigenvalue weighted by Gasteiger charge is -2.06. The van der Waals surface area contributed by atoms with Crippen LogP contribution >= 0.6 is 11.6 Å². The molecule has 0 aliphatic rings. The van der Waals surface area contributed by atoms with Crippen LogP contribution in [0.2, 0.25) is 5.02 Å².